The number of aliphatic hydroxyl groups excluding tert-OH is 2. The number of rotatable bonds is 8. The lowest BCUT2D eigenvalue weighted by atomic mass is 9.97. The molecule has 1 aromatic carbocycles. The van der Waals surface area contributed by atoms with Crippen molar-refractivity contribution in [2.24, 2.45) is 0 Å². The minimum absolute atomic E-state index is 0.158. The molecule has 0 unspecified atom stereocenters. The van der Waals surface area contributed by atoms with Crippen molar-refractivity contribution in [3.63, 3.8) is 0 Å². The maximum atomic E-state index is 12.2. The van der Waals surface area contributed by atoms with Gasteiger partial charge in [-0.3, -0.25) is 4.79 Å². The van der Waals surface area contributed by atoms with Crippen LogP contribution in [-0.2, 0) is 28.4 Å². The SMILES string of the molecule is CC(=O)N[C@H]1[C@@H](Oc2ccc3c(C)cc(=O)oc3c2)O[C@H](COS(=O)(=O)ON2C=CC=CC2)[C@@H](O)[C@@H]1O. The topological polar surface area (TPSA) is 174 Å². The Morgan fingerprint density at radius 2 is 2.00 bits per heavy atom. The fourth-order valence-electron chi connectivity index (χ4n) is 3.86. The smallest absolute Gasteiger partial charge is 0.421 e. The number of hydrogen-bond donors (Lipinski definition) is 3. The quantitative estimate of drug-likeness (QED) is 0.385. The van der Waals surface area contributed by atoms with E-state index in [1.54, 1.807) is 37.3 Å². The normalized spacial score (nSPS) is 25.8. The average molecular weight is 539 g/mol. The van der Waals surface area contributed by atoms with E-state index >= 15 is 0 Å². The number of ether oxygens (including phenoxy) is 2. The fraction of sp³-hybridized carbons (Fsp3) is 0.391. The third-order valence-electron chi connectivity index (χ3n) is 5.59. The summed E-state index contributed by atoms with van der Waals surface area (Å²) in [6.45, 7) is 2.38. The number of aliphatic hydroxyl groups is 2. The lowest BCUT2D eigenvalue weighted by molar-refractivity contribution is -0.243. The first-order chi connectivity index (χ1) is 17.5. The first kappa shape index (κ1) is 26.8. The van der Waals surface area contributed by atoms with Gasteiger partial charge in [0.2, 0.25) is 12.2 Å². The lowest BCUT2D eigenvalue weighted by Crippen LogP contribution is -2.65. The van der Waals surface area contributed by atoms with E-state index in [2.05, 4.69) is 5.32 Å². The predicted molar refractivity (Wildman–Crippen MR) is 127 cm³/mol. The third-order valence-corrected chi connectivity index (χ3v) is 6.39. The van der Waals surface area contributed by atoms with Gasteiger partial charge in [0.05, 0.1) is 13.2 Å². The molecule has 37 heavy (non-hydrogen) atoms. The lowest BCUT2D eigenvalue weighted by Gasteiger charge is -2.42. The predicted octanol–water partition coefficient (Wildman–Crippen LogP) is 0.0101. The fourth-order valence-corrected chi connectivity index (χ4v) is 4.55. The number of carbonyl (C=O) groups is 1. The van der Waals surface area contributed by atoms with Crippen LogP contribution in [0.1, 0.15) is 12.5 Å². The van der Waals surface area contributed by atoms with Crippen LogP contribution in [0.25, 0.3) is 11.0 Å². The molecule has 3 heterocycles. The molecule has 3 N–H and O–H groups in total. The molecule has 2 aromatic rings. The molecule has 4 rings (SSSR count). The van der Waals surface area contributed by atoms with Gasteiger partial charge >= 0.3 is 16.0 Å². The molecule has 0 saturated carbocycles. The summed E-state index contributed by atoms with van der Waals surface area (Å²) in [5, 5.41) is 25.4. The Morgan fingerprint density at radius 3 is 2.70 bits per heavy atom. The summed E-state index contributed by atoms with van der Waals surface area (Å²) in [6.07, 6.45) is 0.265. The Balaban J connectivity index is 1.51. The maximum Gasteiger partial charge on any atom is 0.421 e. The Morgan fingerprint density at radius 1 is 1.22 bits per heavy atom. The third kappa shape index (κ3) is 6.54. The molecular weight excluding hydrogens is 512 g/mol. The molecule has 200 valence electrons. The minimum atomic E-state index is -4.55. The van der Waals surface area contributed by atoms with Gasteiger partial charge in [-0.05, 0) is 30.7 Å². The molecule has 0 bridgehead atoms. The molecule has 1 saturated heterocycles. The standard InChI is InChI=1S/C23H26N2O11S/c1-13-10-19(27)34-17-11-15(6-7-16(13)17)33-23-20(24-14(2)26)22(29)21(28)18(35-23)12-32-37(30,31)36-25-8-4-3-5-9-25/h3-8,10-11,18,20-23,28-29H,9,12H2,1-2H3,(H,24,26)/t18-,20-,21-,22-,23+/m1/s1. The Kier molecular flexibility index (Phi) is 7.96. The Bertz CT molecular complexity index is 1370. The first-order valence-corrected chi connectivity index (χ1v) is 12.5. The summed E-state index contributed by atoms with van der Waals surface area (Å²) in [6, 6.07) is 4.75. The second-order valence-corrected chi connectivity index (χ2v) is 9.61. The van der Waals surface area contributed by atoms with Gasteiger partial charge in [0.15, 0.2) is 0 Å². The zero-order valence-electron chi connectivity index (χ0n) is 19.8. The van der Waals surface area contributed by atoms with Crippen molar-refractivity contribution >= 4 is 27.3 Å². The largest absolute Gasteiger partial charge is 0.462 e. The second kappa shape index (κ2) is 11.0. The van der Waals surface area contributed by atoms with Crippen molar-refractivity contribution in [1.29, 1.82) is 0 Å². The molecular formula is C23H26N2O11S. The van der Waals surface area contributed by atoms with E-state index in [-0.39, 0.29) is 17.9 Å². The van der Waals surface area contributed by atoms with Crippen molar-refractivity contribution in [3.05, 3.63) is 64.7 Å². The number of aryl methyl sites for hydroxylation is 1. The van der Waals surface area contributed by atoms with Crippen molar-refractivity contribution in [2.45, 2.75) is 44.5 Å². The number of nitrogens with one attached hydrogen (secondary N) is 1. The Hall–Kier alpha value is -3.27. The van der Waals surface area contributed by atoms with E-state index in [1.165, 1.54) is 25.3 Å². The highest BCUT2D eigenvalue weighted by molar-refractivity contribution is 7.81. The van der Waals surface area contributed by atoms with Gasteiger partial charge in [0.1, 0.15) is 35.7 Å². The number of benzene rings is 1. The van der Waals surface area contributed by atoms with Gasteiger partial charge < -0.3 is 29.4 Å². The monoisotopic (exact) mass is 538 g/mol. The van der Waals surface area contributed by atoms with Crippen LogP contribution < -0.4 is 15.7 Å². The Labute approximate surface area is 211 Å². The maximum absolute atomic E-state index is 12.2. The van der Waals surface area contributed by atoms with Crippen LogP contribution in [0.2, 0.25) is 0 Å². The van der Waals surface area contributed by atoms with Gasteiger partial charge in [-0.1, -0.05) is 12.2 Å². The second-order valence-electron chi connectivity index (χ2n) is 8.41. The van der Waals surface area contributed by atoms with E-state index in [0.717, 1.165) is 5.06 Å². The molecule has 13 nitrogen and oxygen atoms in total. The molecule has 1 aromatic heterocycles. The molecule has 5 atom stereocenters. The highest BCUT2D eigenvalue weighted by atomic mass is 32.3. The van der Waals surface area contributed by atoms with Crippen molar-refractivity contribution in [1.82, 2.24) is 10.4 Å². The molecule has 1 fully saturated rings. The van der Waals surface area contributed by atoms with Crippen LogP contribution in [0.5, 0.6) is 5.75 Å². The number of fused-ring (bicyclic) bond motifs is 1. The van der Waals surface area contributed by atoms with E-state index < -0.39 is 59.2 Å². The number of nitrogens with zero attached hydrogens (tertiary/aromatic N) is 1. The zero-order valence-corrected chi connectivity index (χ0v) is 20.7. The molecule has 14 heteroatoms. The van der Waals surface area contributed by atoms with E-state index in [4.69, 9.17) is 22.4 Å². The van der Waals surface area contributed by atoms with E-state index in [0.29, 0.717) is 10.9 Å². The van der Waals surface area contributed by atoms with Crippen molar-refractivity contribution < 1.29 is 45.8 Å². The summed E-state index contributed by atoms with van der Waals surface area (Å²) in [5.41, 5.74) is 0.375. The number of carbonyl (C=O) groups excluding carboxylic acids is 1. The van der Waals surface area contributed by atoms with Gasteiger partial charge in [-0.15, -0.1) is 4.28 Å². The average Bonchev–Trinajstić information content (AvgIpc) is 2.82. The number of hydroxylamine groups is 2. The summed E-state index contributed by atoms with van der Waals surface area (Å²) in [7, 11) is -4.55. The van der Waals surface area contributed by atoms with Crippen molar-refractivity contribution in [3.8, 4) is 5.75 Å². The molecule has 0 radical (unpaired) electrons. The van der Waals surface area contributed by atoms with Gasteiger partial charge in [-0.2, -0.15) is 8.42 Å². The summed E-state index contributed by atoms with van der Waals surface area (Å²) < 4.78 is 50.9. The molecule has 2 aliphatic rings. The van der Waals surface area contributed by atoms with Crippen LogP contribution in [0, 0.1) is 6.92 Å². The molecule has 0 aliphatic carbocycles. The number of hydrogen-bond acceptors (Lipinski definition) is 12. The molecule has 2 aliphatic heterocycles. The van der Waals surface area contributed by atoms with Gasteiger partial charge in [0.25, 0.3) is 0 Å². The zero-order chi connectivity index (χ0) is 26.7. The highest BCUT2D eigenvalue weighted by Crippen LogP contribution is 2.28. The van der Waals surface area contributed by atoms with Crippen LogP contribution in [0.4, 0.5) is 0 Å². The molecule has 1 amide bonds. The van der Waals surface area contributed by atoms with Crippen LogP contribution in [0.15, 0.2) is 57.9 Å². The van der Waals surface area contributed by atoms with Gasteiger partial charge in [0, 0.05) is 30.6 Å². The van der Waals surface area contributed by atoms with E-state index in [1.807, 2.05) is 0 Å². The van der Waals surface area contributed by atoms with Crippen LogP contribution >= 0.6 is 0 Å². The number of amides is 1. The molecule has 0 spiro atoms. The van der Waals surface area contributed by atoms with E-state index in [9.17, 15) is 28.2 Å². The van der Waals surface area contributed by atoms with Crippen LogP contribution in [-0.4, -0.2) is 73.4 Å². The summed E-state index contributed by atoms with van der Waals surface area (Å²) in [4.78, 5) is 23.5. The minimum Gasteiger partial charge on any atom is -0.462 e. The van der Waals surface area contributed by atoms with Crippen molar-refractivity contribution in [2.75, 3.05) is 13.2 Å². The first-order valence-electron chi connectivity index (χ1n) is 11.2. The summed E-state index contributed by atoms with van der Waals surface area (Å²) >= 11 is 0. The number of allylic oxidation sites excluding steroid dienone is 2. The summed E-state index contributed by atoms with van der Waals surface area (Å²) in [5.74, 6) is -0.381. The van der Waals surface area contributed by atoms with Gasteiger partial charge in [-0.25, -0.2) is 14.0 Å². The van der Waals surface area contributed by atoms with Crippen LogP contribution in [0.3, 0.4) is 0 Å². The highest BCUT2D eigenvalue weighted by Gasteiger charge is 2.47.